The van der Waals surface area contributed by atoms with Crippen LogP contribution in [-0.4, -0.2) is 44.2 Å². The van der Waals surface area contributed by atoms with Gasteiger partial charge in [0.25, 0.3) is 11.8 Å². The van der Waals surface area contributed by atoms with Crippen molar-refractivity contribution in [3.63, 3.8) is 0 Å². The van der Waals surface area contributed by atoms with Crippen LogP contribution in [0.1, 0.15) is 52.2 Å². The molecule has 1 fully saturated rings. The smallest absolute Gasteiger partial charge is 0.261 e. The van der Waals surface area contributed by atoms with Gasteiger partial charge in [0.15, 0.2) is 0 Å². The highest BCUT2D eigenvalue weighted by Gasteiger charge is 2.34. The molecule has 25 heavy (non-hydrogen) atoms. The summed E-state index contributed by atoms with van der Waals surface area (Å²) in [5, 5.41) is 7.94. The maximum Gasteiger partial charge on any atom is 0.261 e. The fourth-order valence-electron chi connectivity index (χ4n) is 3.59. The molecule has 2 heterocycles. The van der Waals surface area contributed by atoms with Crippen molar-refractivity contribution in [2.45, 2.75) is 37.3 Å². The van der Waals surface area contributed by atoms with Gasteiger partial charge in [0.1, 0.15) is 5.82 Å². The zero-order valence-corrected chi connectivity index (χ0v) is 14.7. The number of aromatic nitrogens is 3. The first-order valence-corrected chi connectivity index (χ1v) is 9.70. The van der Waals surface area contributed by atoms with Crippen molar-refractivity contribution in [3.05, 3.63) is 41.2 Å². The highest BCUT2D eigenvalue weighted by molar-refractivity contribution is 7.99. The summed E-state index contributed by atoms with van der Waals surface area (Å²) in [6.45, 7) is 0.365. The van der Waals surface area contributed by atoms with E-state index in [1.54, 1.807) is 24.3 Å². The molecule has 0 bridgehead atoms. The number of nitrogens with one attached hydrogen (secondary N) is 1. The Kier molecular flexibility index (Phi) is 4.57. The number of benzene rings is 1. The number of rotatable bonds is 6. The Labute approximate surface area is 150 Å². The molecular weight excluding hydrogens is 336 g/mol. The molecule has 1 aromatic carbocycles. The Hall–Kier alpha value is -2.15. The van der Waals surface area contributed by atoms with E-state index in [4.69, 9.17) is 0 Å². The van der Waals surface area contributed by atoms with Crippen molar-refractivity contribution in [1.29, 1.82) is 0 Å². The number of carbonyl (C=O) groups is 2. The Morgan fingerprint density at radius 2 is 1.80 bits per heavy atom. The first-order chi connectivity index (χ1) is 12.2. The lowest BCUT2D eigenvalue weighted by molar-refractivity contribution is 0.0664. The summed E-state index contributed by atoms with van der Waals surface area (Å²) in [6, 6.07) is 6.96. The zero-order chi connectivity index (χ0) is 17.2. The highest BCUT2D eigenvalue weighted by atomic mass is 32.2. The third-order valence-corrected chi connectivity index (χ3v) is 5.72. The van der Waals surface area contributed by atoms with E-state index >= 15 is 0 Å². The Morgan fingerprint density at radius 3 is 2.48 bits per heavy atom. The Balaban J connectivity index is 1.30. The number of amides is 2. The maximum atomic E-state index is 12.3. The molecule has 1 saturated carbocycles. The Morgan fingerprint density at radius 1 is 1.12 bits per heavy atom. The Bertz CT molecular complexity index is 763. The molecule has 2 aliphatic rings. The summed E-state index contributed by atoms with van der Waals surface area (Å²) in [5.74, 6) is 1.84. The normalized spacial score (nSPS) is 17.5. The maximum absolute atomic E-state index is 12.3. The summed E-state index contributed by atoms with van der Waals surface area (Å²) in [6.07, 6.45) is 6.17. The monoisotopic (exact) mass is 356 g/mol. The van der Waals surface area contributed by atoms with Gasteiger partial charge in [-0.1, -0.05) is 49.6 Å². The standard InChI is InChI=1S/C18H20N4O2S/c23-16-13-7-3-4-8-14(13)17(24)22(16)9-10-25-18-19-15(20-21-18)11-12-5-1-2-6-12/h3-4,7-8,12H,1-2,5-6,9-11H2,(H,19,20,21). The average Bonchev–Trinajstić information content (AvgIpc) is 3.34. The molecule has 130 valence electrons. The predicted molar refractivity (Wildman–Crippen MR) is 94.6 cm³/mol. The van der Waals surface area contributed by atoms with Crippen LogP contribution in [0.2, 0.25) is 0 Å². The van der Waals surface area contributed by atoms with Crippen LogP contribution in [0.4, 0.5) is 0 Å². The lowest BCUT2D eigenvalue weighted by atomic mass is 10.0. The van der Waals surface area contributed by atoms with Gasteiger partial charge < -0.3 is 0 Å². The zero-order valence-electron chi connectivity index (χ0n) is 13.9. The lowest BCUT2D eigenvalue weighted by Crippen LogP contribution is -2.31. The fraction of sp³-hybridized carbons (Fsp3) is 0.444. The third-order valence-electron chi connectivity index (χ3n) is 4.89. The molecule has 1 aliphatic carbocycles. The molecule has 2 aromatic rings. The van der Waals surface area contributed by atoms with Crippen molar-refractivity contribution in [1.82, 2.24) is 20.1 Å². The molecule has 0 spiro atoms. The van der Waals surface area contributed by atoms with Gasteiger partial charge in [0.2, 0.25) is 5.16 Å². The number of thioether (sulfide) groups is 1. The second-order valence-corrected chi connectivity index (χ2v) is 7.64. The van der Waals surface area contributed by atoms with Crippen LogP contribution in [0.15, 0.2) is 29.4 Å². The number of hydrogen-bond donors (Lipinski definition) is 1. The van der Waals surface area contributed by atoms with E-state index in [-0.39, 0.29) is 11.8 Å². The van der Waals surface area contributed by atoms with Crippen molar-refractivity contribution >= 4 is 23.6 Å². The van der Waals surface area contributed by atoms with E-state index in [1.807, 2.05) is 0 Å². The van der Waals surface area contributed by atoms with Crippen LogP contribution in [-0.2, 0) is 6.42 Å². The van der Waals surface area contributed by atoms with E-state index < -0.39 is 0 Å². The summed E-state index contributed by atoms with van der Waals surface area (Å²) in [4.78, 5) is 30.4. The van der Waals surface area contributed by atoms with Crippen LogP contribution in [0.3, 0.4) is 0 Å². The van der Waals surface area contributed by atoms with Gasteiger partial charge in [-0.05, 0) is 18.1 Å². The summed E-state index contributed by atoms with van der Waals surface area (Å²) in [5.41, 5.74) is 0.989. The molecule has 0 saturated heterocycles. The number of aromatic amines is 1. The molecule has 0 unspecified atom stereocenters. The van der Waals surface area contributed by atoms with E-state index in [0.717, 1.165) is 18.2 Å². The largest absolute Gasteiger partial charge is 0.273 e. The molecule has 2 amide bonds. The number of imide groups is 1. The van der Waals surface area contributed by atoms with Crippen molar-refractivity contribution in [2.24, 2.45) is 5.92 Å². The molecular formula is C18H20N4O2S. The van der Waals surface area contributed by atoms with Gasteiger partial charge in [-0.25, -0.2) is 4.98 Å². The minimum atomic E-state index is -0.210. The molecule has 1 aliphatic heterocycles. The average molecular weight is 356 g/mol. The van der Waals surface area contributed by atoms with Crippen LogP contribution in [0, 0.1) is 5.92 Å². The number of hydrogen-bond acceptors (Lipinski definition) is 5. The van der Waals surface area contributed by atoms with Crippen molar-refractivity contribution in [3.8, 4) is 0 Å². The van der Waals surface area contributed by atoms with Gasteiger partial charge >= 0.3 is 0 Å². The second-order valence-electron chi connectivity index (χ2n) is 6.58. The fourth-order valence-corrected chi connectivity index (χ4v) is 4.33. The number of nitrogens with zero attached hydrogens (tertiary/aromatic N) is 3. The second kappa shape index (κ2) is 7.00. The first-order valence-electron chi connectivity index (χ1n) is 8.71. The van der Waals surface area contributed by atoms with Gasteiger partial charge in [-0.2, -0.15) is 0 Å². The minimum Gasteiger partial charge on any atom is -0.273 e. The van der Waals surface area contributed by atoms with E-state index in [0.29, 0.717) is 28.6 Å². The van der Waals surface area contributed by atoms with Crippen LogP contribution in [0.5, 0.6) is 0 Å². The van der Waals surface area contributed by atoms with Gasteiger partial charge in [0.05, 0.1) is 11.1 Å². The molecule has 0 radical (unpaired) electrons. The molecule has 1 N–H and O–H groups in total. The van der Waals surface area contributed by atoms with Gasteiger partial charge in [0, 0.05) is 18.7 Å². The summed E-state index contributed by atoms with van der Waals surface area (Å²) in [7, 11) is 0. The molecule has 1 aromatic heterocycles. The minimum absolute atomic E-state index is 0.210. The lowest BCUT2D eigenvalue weighted by Gasteiger charge is -2.12. The van der Waals surface area contributed by atoms with Crippen molar-refractivity contribution < 1.29 is 9.59 Å². The third kappa shape index (κ3) is 3.33. The quantitative estimate of drug-likeness (QED) is 0.636. The SMILES string of the molecule is O=C1c2ccccc2C(=O)N1CCSc1n[nH]c(CC2CCCC2)n1. The first kappa shape index (κ1) is 16.3. The van der Waals surface area contributed by atoms with E-state index in [2.05, 4.69) is 15.2 Å². The number of carbonyl (C=O) groups excluding carboxylic acids is 2. The number of fused-ring (bicyclic) bond motifs is 1. The molecule has 0 atom stereocenters. The number of H-pyrrole nitrogens is 1. The molecule has 7 heteroatoms. The summed E-state index contributed by atoms with van der Waals surface area (Å²) < 4.78 is 0. The van der Waals surface area contributed by atoms with E-state index in [9.17, 15) is 9.59 Å². The topological polar surface area (TPSA) is 79.0 Å². The molecule has 6 nitrogen and oxygen atoms in total. The predicted octanol–water partition coefficient (Wildman–Crippen LogP) is 2.93. The van der Waals surface area contributed by atoms with E-state index in [1.165, 1.54) is 42.3 Å². The van der Waals surface area contributed by atoms with Gasteiger partial charge in [-0.15, -0.1) is 5.10 Å². The van der Waals surface area contributed by atoms with Crippen molar-refractivity contribution in [2.75, 3.05) is 12.3 Å². The highest BCUT2D eigenvalue weighted by Crippen LogP contribution is 2.27. The van der Waals surface area contributed by atoms with Gasteiger partial charge in [-0.3, -0.25) is 19.6 Å². The van der Waals surface area contributed by atoms with Crippen LogP contribution >= 0.6 is 11.8 Å². The van der Waals surface area contributed by atoms with Crippen LogP contribution in [0.25, 0.3) is 0 Å². The molecule has 4 rings (SSSR count). The summed E-state index contributed by atoms with van der Waals surface area (Å²) >= 11 is 1.47. The van der Waals surface area contributed by atoms with Crippen LogP contribution < -0.4 is 0 Å².